The van der Waals surface area contributed by atoms with E-state index < -0.39 is 42.0 Å². The molecule has 1 saturated carbocycles. The van der Waals surface area contributed by atoms with Crippen LogP contribution < -0.4 is 0 Å². The molecular formula is C28H34BrF2N5O4SSi. The molecule has 0 bridgehead atoms. The lowest BCUT2D eigenvalue weighted by molar-refractivity contribution is -0.129. The van der Waals surface area contributed by atoms with Crippen molar-refractivity contribution in [3.63, 3.8) is 0 Å². The van der Waals surface area contributed by atoms with Gasteiger partial charge in [-0.3, -0.25) is 9.79 Å². The number of halogens is 3. The van der Waals surface area contributed by atoms with Gasteiger partial charge in [-0.2, -0.15) is 0 Å². The Morgan fingerprint density at radius 3 is 2.57 bits per heavy atom. The predicted molar refractivity (Wildman–Crippen MR) is 166 cm³/mol. The quantitative estimate of drug-likeness (QED) is 0.188. The van der Waals surface area contributed by atoms with Crippen LogP contribution in [0.25, 0.3) is 11.9 Å². The summed E-state index contributed by atoms with van der Waals surface area (Å²) in [6.45, 7) is 8.38. The number of nitrogens with zero attached hydrogens (tertiary/aromatic N) is 5. The van der Waals surface area contributed by atoms with Crippen molar-refractivity contribution >= 4 is 64.8 Å². The summed E-state index contributed by atoms with van der Waals surface area (Å²) >= 11 is 4.25. The van der Waals surface area contributed by atoms with E-state index in [1.807, 2.05) is 0 Å². The van der Waals surface area contributed by atoms with Crippen LogP contribution in [0.15, 0.2) is 40.2 Å². The van der Waals surface area contributed by atoms with Crippen LogP contribution in [0.4, 0.5) is 13.6 Å². The fourth-order valence-electron chi connectivity index (χ4n) is 4.90. The number of amidine groups is 1. The molecule has 9 nitrogen and oxygen atoms in total. The lowest BCUT2D eigenvalue weighted by Gasteiger charge is -2.37. The van der Waals surface area contributed by atoms with Gasteiger partial charge in [-0.25, -0.2) is 28.4 Å². The number of fused-ring (bicyclic) bond motifs is 1. The van der Waals surface area contributed by atoms with Crippen molar-refractivity contribution in [2.45, 2.75) is 49.3 Å². The number of hydrogen-bond donors (Lipinski definition) is 1. The van der Waals surface area contributed by atoms with Gasteiger partial charge in [-0.1, -0.05) is 37.5 Å². The van der Waals surface area contributed by atoms with Gasteiger partial charge >= 0.3 is 6.09 Å². The van der Waals surface area contributed by atoms with E-state index in [9.17, 15) is 14.7 Å². The van der Waals surface area contributed by atoms with Gasteiger partial charge in [0, 0.05) is 40.3 Å². The summed E-state index contributed by atoms with van der Waals surface area (Å²) in [5.41, 5.74) is -0.833. The van der Waals surface area contributed by atoms with E-state index in [0.717, 1.165) is 22.7 Å². The monoisotopic (exact) mass is 681 g/mol. The Bertz CT molecular complexity index is 1440. The molecule has 226 valence electrons. The molecule has 42 heavy (non-hydrogen) atoms. The highest BCUT2D eigenvalue weighted by Gasteiger charge is 2.71. The van der Waals surface area contributed by atoms with E-state index in [-0.39, 0.29) is 29.1 Å². The van der Waals surface area contributed by atoms with E-state index in [0.29, 0.717) is 23.2 Å². The zero-order valence-electron chi connectivity index (χ0n) is 24.3. The minimum atomic E-state index is -1.41. The van der Waals surface area contributed by atoms with Crippen molar-refractivity contribution in [2.75, 3.05) is 27.4 Å². The van der Waals surface area contributed by atoms with Crippen molar-refractivity contribution in [3.8, 4) is 0 Å². The summed E-state index contributed by atoms with van der Waals surface area (Å²) in [7, 11) is 1.84. The minimum Gasteiger partial charge on any atom is -0.465 e. The van der Waals surface area contributed by atoms with Crippen molar-refractivity contribution in [1.82, 2.24) is 19.8 Å². The van der Waals surface area contributed by atoms with Gasteiger partial charge in [0.1, 0.15) is 27.6 Å². The van der Waals surface area contributed by atoms with E-state index in [1.54, 1.807) is 21.0 Å². The van der Waals surface area contributed by atoms with Crippen LogP contribution in [-0.2, 0) is 15.1 Å². The number of carboxylic acid groups (broad SMARTS) is 1. The molecule has 3 atom stereocenters. The van der Waals surface area contributed by atoms with Crippen molar-refractivity contribution in [1.29, 1.82) is 0 Å². The third-order valence-corrected chi connectivity index (χ3v) is 10.9. The molecule has 1 N–H and O–H groups in total. The minimum absolute atomic E-state index is 0.00803. The number of benzene rings is 1. The molecule has 1 fully saturated rings. The number of carbonyl (C=O) groups is 2. The third kappa shape index (κ3) is 6.76. The fourth-order valence-corrected chi connectivity index (χ4v) is 7.55. The molecule has 0 radical (unpaired) electrons. The smallest absolute Gasteiger partial charge is 0.415 e. The number of rotatable bonds is 9. The Morgan fingerprint density at radius 2 is 1.98 bits per heavy atom. The SMILES string of the molecule is CN(C)C(=O)[C@]12C[C@H]1[C@@](C)(c1cc(/C=C(\F)c3cnc(Br)cn3)ccc1F)N=C(N(COCC[Si](C)(C)C)C(=O)O)S2. The molecule has 1 aliphatic carbocycles. The molecule has 2 heterocycles. The zero-order valence-corrected chi connectivity index (χ0v) is 27.7. The summed E-state index contributed by atoms with van der Waals surface area (Å²) in [5, 5.41) is 10.2. The van der Waals surface area contributed by atoms with E-state index >= 15 is 8.78 Å². The number of aromatic nitrogens is 2. The van der Waals surface area contributed by atoms with E-state index in [4.69, 9.17) is 9.73 Å². The molecule has 14 heteroatoms. The van der Waals surface area contributed by atoms with Crippen LogP contribution in [0.5, 0.6) is 0 Å². The largest absolute Gasteiger partial charge is 0.465 e. The highest BCUT2D eigenvalue weighted by atomic mass is 79.9. The first-order valence-corrected chi connectivity index (χ1v) is 18.6. The number of thioether (sulfide) groups is 1. The van der Waals surface area contributed by atoms with Gasteiger partial charge < -0.3 is 14.7 Å². The standard InChI is InChI=1S/C28H34BrF2N5O4SSi/c1-27(18-11-17(7-8-19(18)30)12-20(31)21-14-33-23(29)15-32-21)22-13-28(22,24(37)35(2)3)41-25(34-27)36(26(38)39)16-40-9-10-42(4,5)6/h7-8,11-12,14-15,22H,9-10,13,16H2,1-6H3,(H,38,39)/b20-12-/t22-,27+,28-/m0/s1. The third-order valence-electron chi connectivity index (χ3n) is 7.33. The lowest BCUT2D eigenvalue weighted by Crippen LogP contribution is -2.47. The molecule has 1 aromatic heterocycles. The Labute approximate surface area is 257 Å². The molecule has 0 spiro atoms. The number of ether oxygens (including phenoxy) is 1. The average molecular weight is 683 g/mol. The van der Waals surface area contributed by atoms with Crippen LogP contribution in [0.3, 0.4) is 0 Å². The van der Waals surface area contributed by atoms with Crippen LogP contribution >= 0.6 is 27.7 Å². The highest BCUT2D eigenvalue weighted by Crippen LogP contribution is 2.67. The van der Waals surface area contributed by atoms with Crippen molar-refractivity contribution in [3.05, 3.63) is 57.8 Å². The first-order valence-electron chi connectivity index (χ1n) is 13.3. The normalized spacial score (nSPS) is 23.6. The molecular weight excluding hydrogens is 648 g/mol. The molecule has 1 aromatic carbocycles. The number of hydrogen-bond acceptors (Lipinski definition) is 7. The van der Waals surface area contributed by atoms with Crippen molar-refractivity contribution in [2.24, 2.45) is 10.9 Å². The maximum Gasteiger partial charge on any atom is 0.415 e. The Hall–Kier alpha value is -2.68. The molecule has 2 aliphatic rings. The summed E-state index contributed by atoms with van der Waals surface area (Å²) in [6, 6.07) is 4.97. The van der Waals surface area contributed by atoms with Gasteiger partial charge in [-0.05, 0) is 59.1 Å². The lowest BCUT2D eigenvalue weighted by atomic mass is 9.84. The summed E-state index contributed by atoms with van der Waals surface area (Å²) in [4.78, 5) is 41.1. The molecule has 4 rings (SSSR count). The number of aliphatic imine (C=N–C) groups is 1. The predicted octanol–water partition coefficient (Wildman–Crippen LogP) is 6.30. The van der Waals surface area contributed by atoms with Crippen LogP contribution in [0.2, 0.25) is 25.7 Å². The average Bonchev–Trinajstić information content (AvgIpc) is 3.65. The van der Waals surface area contributed by atoms with E-state index in [2.05, 4.69) is 45.5 Å². The van der Waals surface area contributed by atoms with Gasteiger partial charge in [0.25, 0.3) is 0 Å². The molecule has 0 unspecified atom stereocenters. The van der Waals surface area contributed by atoms with Crippen LogP contribution in [0.1, 0.15) is 30.2 Å². The Balaban J connectivity index is 1.75. The second-order valence-electron chi connectivity index (χ2n) is 12.0. The fraction of sp³-hybridized carbons (Fsp3) is 0.464. The van der Waals surface area contributed by atoms with E-state index in [1.165, 1.54) is 41.6 Å². The summed E-state index contributed by atoms with van der Waals surface area (Å²) < 4.78 is 35.8. The van der Waals surface area contributed by atoms with Gasteiger partial charge in [-0.15, -0.1) is 0 Å². The zero-order chi connectivity index (χ0) is 31.0. The first-order chi connectivity index (χ1) is 19.6. The summed E-state index contributed by atoms with van der Waals surface area (Å²) in [6.07, 6.45) is 2.93. The summed E-state index contributed by atoms with van der Waals surface area (Å²) in [5.74, 6) is -1.90. The second-order valence-corrected chi connectivity index (χ2v) is 19.7. The Morgan fingerprint density at radius 1 is 1.26 bits per heavy atom. The molecule has 1 aliphatic heterocycles. The maximum atomic E-state index is 15.6. The van der Waals surface area contributed by atoms with Gasteiger partial charge in [0.05, 0.1) is 17.9 Å². The number of carbonyl (C=O) groups excluding carboxylic acids is 1. The topological polar surface area (TPSA) is 108 Å². The molecule has 2 amide bonds. The second kappa shape index (κ2) is 12.1. The Kier molecular flexibility index (Phi) is 9.31. The maximum absolute atomic E-state index is 15.6. The molecule has 0 saturated heterocycles. The van der Waals surface area contributed by atoms with Crippen LogP contribution in [-0.4, -0.2) is 82.3 Å². The number of amides is 2. The van der Waals surface area contributed by atoms with Gasteiger partial charge in [0.15, 0.2) is 11.0 Å². The first kappa shape index (κ1) is 32.2. The highest BCUT2D eigenvalue weighted by molar-refractivity contribution is 9.10. The molecule has 2 aromatic rings. The van der Waals surface area contributed by atoms with Gasteiger partial charge in [0.2, 0.25) is 5.91 Å². The van der Waals surface area contributed by atoms with Crippen LogP contribution in [0, 0.1) is 11.7 Å². The van der Waals surface area contributed by atoms with Crippen molar-refractivity contribution < 1.29 is 28.2 Å².